The van der Waals surface area contributed by atoms with Gasteiger partial charge in [0.25, 0.3) is 0 Å². The van der Waals surface area contributed by atoms with Crippen molar-refractivity contribution < 1.29 is 4.79 Å². The predicted molar refractivity (Wildman–Crippen MR) is 66.6 cm³/mol. The van der Waals surface area contributed by atoms with Gasteiger partial charge in [-0.25, -0.2) is 4.79 Å². The number of amides is 2. The molecule has 16 heavy (non-hydrogen) atoms. The van der Waals surface area contributed by atoms with E-state index in [1.807, 2.05) is 23.3 Å². The summed E-state index contributed by atoms with van der Waals surface area (Å²) in [5, 5.41) is 5.12. The van der Waals surface area contributed by atoms with Crippen LogP contribution in [0, 0.1) is 0 Å². The maximum atomic E-state index is 11.9. The Bertz CT molecular complexity index is 333. The van der Waals surface area contributed by atoms with Crippen molar-refractivity contribution >= 4 is 17.4 Å². The molecule has 88 valence electrons. The largest absolute Gasteiger partial charge is 0.335 e. The molecule has 1 aromatic heterocycles. The molecule has 1 aliphatic rings. The molecular weight excluding hydrogens is 220 g/mol. The standard InChI is InChI=1S/C12H18N2OS/c1-2-14(9-11-7-4-8-16-11)12(15)13-10-5-3-6-10/h4,7-8,10H,2-3,5-6,9H2,1H3,(H,13,15). The van der Waals surface area contributed by atoms with Crippen molar-refractivity contribution in [3.8, 4) is 0 Å². The van der Waals surface area contributed by atoms with Crippen molar-refractivity contribution in [1.29, 1.82) is 0 Å². The minimum atomic E-state index is 0.0839. The molecule has 1 heterocycles. The van der Waals surface area contributed by atoms with Crippen LogP contribution in [0.2, 0.25) is 0 Å². The van der Waals surface area contributed by atoms with Gasteiger partial charge in [-0.1, -0.05) is 6.07 Å². The quantitative estimate of drug-likeness (QED) is 0.859. The molecule has 0 aliphatic heterocycles. The predicted octanol–water partition coefficient (Wildman–Crippen LogP) is 2.83. The first-order valence-electron chi connectivity index (χ1n) is 5.87. The normalized spacial score (nSPS) is 15.6. The molecule has 0 atom stereocenters. The fourth-order valence-corrected chi connectivity index (χ4v) is 2.46. The van der Waals surface area contributed by atoms with Gasteiger partial charge in [0.15, 0.2) is 0 Å². The summed E-state index contributed by atoms with van der Waals surface area (Å²) in [4.78, 5) is 15.0. The molecule has 1 aromatic rings. The summed E-state index contributed by atoms with van der Waals surface area (Å²) in [5.41, 5.74) is 0. The van der Waals surface area contributed by atoms with Crippen molar-refractivity contribution in [3.05, 3.63) is 22.4 Å². The molecule has 2 amide bonds. The van der Waals surface area contributed by atoms with E-state index in [1.54, 1.807) is 11.3 Å². The highest BCUT2D eigenvalue weighted by Gasteiger charge is 2.22. The van der Waals surface area contributed by atoms with Crippen molar-refractivity contribution in [2.45, 2.75) is 38.8 Å². The first-order valence-corrected chi connectivity index (χ1v) is 6.75. The van der Waals surface area contributed by atoms with Crippen LogP contribution in [0.15, 0.2) is 17.5 Å². The van der Waals surface area contributed by atoms with Crippen LogP contribution >= 0.6 is 11.3 Å². The van der Waals surface area contributed by atoms with Gasteiger partial charge < -0.3 is 10.2 Å². The second kappa shape index (κ2) is 5.34. The average molecular weight is 238 g/mol. The molecule has 0 spiro atoms. The number of rotatable bonds is 4. The third-order valence-corrected chi connectivity index (χ3v) is 3.89. The average Bonchev–Trinajstić information content (AvgIpc) is 2.72. The first kappa shape index (κ1) is 11.5. The number of carbonyl (C=O) groups is 1. The van der Waals surface area contributed by atoms with Crippen LogP contribution < -0.4 is 5.32 Å². The van der Waals surface area contributed by atoms with E-state index in [1.165, 1.54) is 11.3 Å². The Morgan fingerprint density at radius 2 is 2.44 bits per heavy atom. The van der Waals surface area contributed by atoms with E-state index in [2.05, 4.69) is 11.4 Å². The van der Waals surface area contributed by atoms with E-state index in [4.69, 9.17) is 0 Å². The van der Waals surface area contributed by atoms with Gasteiger partial charge in [-0.05, 0) is 37.6 Å². The smallest absolute Gasteiger partial charge is 0.317 e. The maximum absolute atomic E-state index is 11.9. The number of carbonyl (C=O) groups excluding carboxylic acids is 1. The highest BCUT2D eigenvalue weighted by Crippen LogP contribution is 2.19. The topological polar surface area (TPSA) is 32.3 Å². The van der Waals surface area contributed by atoms with Gasteiger partial charge in [0, 0.05) is 17.5 Å². The number of thiophene rings is 1. The van der Waals surface area contributed by atoms with Crippen LogP contribution in [0.3, 0.4) is 0 Å². The highest BCUT2D eigenvalue weighted by atomic mass is 32.1. The number of nitrogens with one attached hydrogen (secondary N) is 1. The monoisotopic (exact) mass is 238 g/mol. The van der Waals surface area contributed by atoms with E-state index in [0.29, 0.717) is 6.04 Å². The zero-order chi connectivity index (χ0) is 11.4. The third kappa shape index (κ3) is 2.76. The molecule has 0 radical (unpaired) electrons. The molecule has 0 aromatic carbocycles. The molecule has 4 heteroatoms. The summed E-state index contributed by atoms with van der Waals surface area (Å²) >= 11 is 1.70. The lowest BCUT2D eigenvalue weighted by atomic mass is 9.93. The molecule has 1 aliphatic carbocycles. The van der Waals surface area contributed by atoms with Crippen LogP contribution in [0.1, 0.15) is 31.1 Å². The van der Waals surface area contributed by atoms with Crippen LogP contribution in [0.25, 0.3) is 0 Å². The summed E-state index contributed by atoms with van der Waals surface area (Å²) in [5.74, 6) is 0. The van der Waals surface area contributed by atoms with Crippen LogP contribution in [-0.4, -0.2) is 23.5 Å². The van der Waals surface area contributed by atoms with Gasteiger partial charge in [0.2, 0.25) is 0 Å². The Labute approximate surface area is 100 Å². The van der Waals surface area contributed by atoms with Crippen LogP contribution in [-0.2, 0) is 6.54 Å². The van der Waals surface area contributed by atoms with E-state index in [9.17, 15) is 4.79 Å². The van der Waals surface area contributed by atoms with E-state index >= 15 is 0 Å². The lowest BCUT2D eigenvalue weighted by Crippen LogP contribution is -2.46. The zero-order valence-electron chi connectivity index (χ0n) is 9.61. The molecule has 0 unspecified atom stereocenters. The van der Waals surface area contributed by atoms with Gasteiger partial charge in [-0.3, -0.25) is 0 Å². The van der Waals surface area contributed by atoms with Crippen molar-refractivity contribution in [2.75, 3.05) is 6.54 Å². The third-order valence-electron chi connectivity index (χ3n) is 3.03. The van der Waals surface area contributed by atoms with Crippen LogP contribution in [0.4, 0.5) is 4.79 Å². The minimum Gasteiger partial charge on any atom is -0.335 e. The maximum Gasteiger partial charge on any atom is 0.317 e. The lowest BCUT2D eigenvalue weighted by Gasteiger charge is -2.30. The van der Waals surface area contributed by atoms with Gasteiger partial charge >= 0.3 is 6.03 Å². The minimum absolute atomic E-state index is 0.0839. The van der Waals surface area contributed by atoms with E-state index < -0.39 is 0 Å². The van der Waals surface area contributed by atoms with Crippen LogP contribution in [0.5, 0.6) is 0 Å². The summed E-state index contributed by atoms with van der Waals surface area (Å²) < 4.78 is 0. The van der Waals surface area contributed by atoms with Gasteiger partial charge in [-0.2, -0.15) is 0 Å². The van der Waals surface area contributed by atoms with E-state index in [-0.39, 0.29) is 6.03 Å². The van der Waals surface area contributed by atoms with Gasteiger partial charge in [0.1, 0.15) is 0 Å². The Hall–Kier alpha value is -1.03. The molecule has 1 N–H and O–H groups in total. The Balaban J connectivity index is 1.85. The fraction of sp³-hybridized carbons (Fsp3) is 0.583. The number of nitrogens with zero attached hydrogens (tertiary/aromatic N) is 1. The molecule has 2 rings (SSSR count). The van der Waals surface area contributed by atoms with Gasteiger partial charge in [-0.15, -0.1) is 11.3 Å². The summed E-state index contributed by atoms with van der Waals surface area (Å²) in [6.07, 6.45) is 3.53. The van der Waals surface area contributed by atoms with Crippen molar-refractivity contribution in [3.63, 3.8) is 0 Å². The molecule has 0 bridgehead atoms. The summed E-state index contributed by atoms with van der Waals surface area (Å²) in [6.45, 7) is 3.51. The van der Waals surface area contributed by atoms with E-state index in [0.717, 1.165) is 25.9 Å². The van der Waals surface area contributed by atoms with Crippen molar-refractivity contribution in [2.24, 2.45) is 0 Å². The van der Waals surface area contributed by atoms with Gasteiger partial charge in [0.05, 0.1) is 6.54 Å². The molecule has 0 saturated heterocycles. The second-order valence-electron chi connectivity index (χ2n) is 4.17. The summed E-state index contributed by atoms with van der Waals surface area (Å²) in [7, 11) is 0. The Kier molecular flexibility index (Phi) is 3.83. The first-order chi connectivity index (χ1) is 7.79. The lowest BCUT2D eigenvalue weighted by molar-refractivity contribution is 0.187. The molecule has 3 nitrogen and oxygen atoms in total. The van der Waals surface area contributed by atoms with Crippen molar-refractivity contribution in [1.82, 2.24) is 10.2 Å². The molecule has 1 saturated carbocycles. The zero-order valence-corrected chi connectivity index (χ0v) is 10.4. The highest BCUT2D eigenvalue weighted by molar-refractivity contribution is 7.09. The number of urea groups is 1. The second-order valence-corrected chi connectivity index (χ2v) is 5.20. The number of hydrogen-bond acceptors (Lipinski definition) is 2. The molecular formula is C12H18N2OS. The Morgan fingerprint density at radius 3 is 2.94 bits per heavy atom. The SMILES string of the molecule is CCN(Cc1cccs1)C(=O)NC1CCC1. The summed E-state index contributed by atoms with van der Waals surface area (Å²) in [6, 6.07) is 4.60. The molecule has 1 fully saturated rings. The fourth-order valence-electron chi connectivity index (χ4n) is 1.74. The number of hydrogen-bond donors (Lipinski definition) is 1. The Morgan fingerprint density at radius 1 is 1.62 bits per heavy atom.